The van der Waals surface area contributed by atoms with E-state index < -0.39 is 5.97 Å². The van der Waals surface area contributed by atoms with Crippen LogP contribution in [-0.2, 0) is 22.4 Å². The highest BCUT2D eigenvalue weighted by molar-refractivity contribution is 5.87. The Morgan fingerprint density at radius 3 is 2.46 bits per heavy atom. The first-order chi connectivity index (χ1) is 13.4. The van der Waals surface area contributed by atoms with Crippen LogP contribution in [0.4, 0.5) is 0 Å². The van der Waals surface area contributed by atoms with Crippen LogP contribution in [-0.4, -0.2) is 41.9 Å². The smallest absolute Gasteiger partial charge is 0.307 e. The normalized spacial score (nSPS) is 10.4. The summed E-state index contributed by atoms with van der Waals surface area (Å²) in [5, 5.41) is 16.9. The van der Waals surface area contributed by atoms with Gasteiger partial charge in [0.1, 0.15) is 11.6 Å². The van der Waals surface area contributed by atoms with Crippen LogP contribution in [0.5, 0.6) is 5.75 Å². The minimum absolute atomic E-state index is 0.0809. The summed E-state index contributed by atoms with van der Waals surface area (Å²) in [4.78, 5) is 23.1. The molecule has 0 aliphatic carbocycles. The summed E-state index contributed by atoms with van der Waals surface area (Å²) in [5.74, 6) is 0.0271. The SMILES string of the molecule is CCOc1ccc(-c2ccc(CCCC(=N)N(C)C=O)cc2)cc1CC(=O)O. The number of aliphatic carboxylic acids is 1. The fourth-order valence-corrected chi connectivity index (χ4v) is 2.92. The monoisotopic (exact) mass is 382 g/mol. The Labute approximate surface area is 165 Å². The van der Waals surface area contributed by atoms with Gasteiger partial charge in [-0.2, -0.15) is 0 Å². The van der Waals surface area contributed by atoms with Crippen LogP contribution in [0.1, 0.15) is 30.9 Å². The van der Waals surface area contributed by atoms with Crippen molar-refractivity contribution >= 4 is 18.2 Å². The van der Waals surface area contributed by atoms with Crippen molar-refractivity contribution in [1.82, 2.24) is 4.90 Å². The van der Waals surface area contributed by atoms with Crippen LogP contribution in [0.15, 0.2) is 42.5 Å². The van der Waals surface area contributed by atoms with Crippen molar-refractivity contribution < 1.29 is 19.4 Å². The first-order valence-electron chi connectivity index (χ1n) is 9.27. The van der Waals surface area contributed by atoms with Crippen LogP contribution in [0.25, 0.3) is 11.1 Å². The lowest BCUT2D eigenvalue weighted by Gasteiger charge is -2.12. The number of amides is 1. The zero-order valence-electron chi connectivity index (χ0n) is 16.3. The molecule has 1 amide bonds. The third-order valence-corrected chi connectivity index (χ3v) is 4.45. The molecule has 0 atom stereocenters. The topological polar surface area (TPSA) is 90.7 Å². The van der Waals surface area contributed by atoms with Gasteiger partial charge in [0.2, 0.25) is 6.41 Å². The molecule has 0 heterocycles. The second-order valence-electron chi connectivity index (χ2n) is 6.54. The molecule has 0 fully saturated rings. The van der Waals surface area contributed by atoms with Gasteiger partial charge in [-0.05, 0) is 48.6 Å². The lowest BCUT2D eigenvalue weighted by Crippen LogP contribution is -2.23. The van der Waals surface area contributed by atoms with E-state index in [9.17, 15) is 9.59 Å². The van der Waals surface area contributed by atoms with Crippen molar-refractivity contribution in [2.75, 3.05) is 13.7 Å². The maximum atomic E-state index is 11.1. The summed E-state index contributed by atoms with van der Waals surface area (Å²) in [6, 6.07) is 13.7. The number of benzene rings is 2. The highest BCUT2D eigenvalue weighted by atomic mass is 16.5. The van der Waals surface area contributed by atoms with Gasteiger partial charge in [-0.15, -0.1) is 0 Å². The summed E-state index contributed by atoms with van der Waals surface area (Å²) in [6.45, 7) is 2.36. The van der Waals surface area contributed by atoms with Gasteiger partial charge < -0.3 is 14.7 Å². The van der Waals surface area contributed by atoms with Gasteiger partial charge in [0.15, 0.2) is 0 Å². The Balaban J connectivity index is 2.07. The van der Waals surface area contributed by atoms with Gasteiger partial charge >= 0.3 is 5.97 Å². The first kappa shape index (κ1) is 21.2. The van der Waals surface area contributed by atoms with Crippen LogP contribution < -0.4 is 4.74 Å². The number of amidine groups is 1. The number of carboxylic acid groups (broad SMARTS) is 1. The molecule has 2 N–H and O–H groups in total. The van der Waals surface area contributed by atoms with Gasteiger partial charge in [-0.1, -0.05) is 30.3 Å². The van der Waals surface area contributed by atoms with E-state index in [4.69, 9.17) is 15.3 Å². The van der Waals surface area contributed by atoms with Gasteiger partial charge in [-0.25, -0.2) is 0 Å². The Morgan fingerprint density at radius 1 is 1.18 bits per heavy atom. The number of aryl methyl sites for hydroxylation is 1. The number of carboxylic acids is 1. The lowest BCUT2D eigenvalue weighted by molar-refractivity contribution is -0.136. The van der Waals surface area contributed by atoms with E-state index in [1.807, 2.05) is 49.4 Å². The van der Waals surface area contributed by atoms with Crippen molar-refractivity contribution in [3.63, 3.8) is 0 Å². The van der Waals surface area contributed by atoms with Crippen molar-refractivity contribution in [2.24, 2.45) is 0 Å². The lowest BCUT2D eigenvalue weighted by atomic mass is 9.98. The molecular weight excluding hydrogens is 356 g/mol. The molecule has 148 valence electrons. The van der Waals surface area contributed by atoms with Gasteiger partial charge in [-0.3, -0.25) is 15.0 Å². The van der Waals surface area contributed by atoms with Crippen molar-refractivity contribution in [2.45, 2.75) is 32.6 Å². The fourth-order valence-electron chi connectivity index (χ4n) is 2.92. The van der Waals surface area contributed by atoms with E-state index in [-0.39, 0.29) is 6.42 Å². The van der Waals surface area contributed by atoms with E-state index >= 15 is 0 Å². The third kappa shape index (κ3) is 5.94. The maximum absolute atomic E-state index is 11.1. The van der Waals surface area contributed by atoms with E-state index in [0.717, 1.165) is 29.5 Å². The van der Waals surface area contributed by atoms with Crippen LogP contribution >= 0.6 is 0 Å². The van der Waals surface area contributed by atoms with Gasteiger partial charge in [0.25, 0.3) is 0 Å². The number of nitrogens with one attached hydrogen (secondary N) is 1. The Morgan fingerprint density at radius 2 is 1.86 bits per heavy atom. The Kier molecular flexibility index (Phi) is 7.75. The summed E-state index contributed by atoms with van der Waals surface area (Å²) in [7, 11) is 1.58. The molecule has 0 unspecified atom stereocenters. The van der Waals surface area contributed by atoms with E-state index in [1.54, 1.807) is 7.05 Å². The molecule has 0 bridgehead atoms. The van der Waals surface area contributed by atoms with Crippen molar-refractivity contribution in [1.29, 1.82) is 5.41 Å². The Hall–Kier alpha value is -3.15. The fraction of sp³-hybridized carbons (Fsp3) is 0.318. The molecule has 2 rings (SSSR count). The van der Waals surface area contributed by atoms with Crippen LogP contribution in [0, 0.1) is 5.41 Å². The maximum Gasteiger partial charge on any atom is 0.307 e. The summed E-state index contributed by atoms with van der Waals surface area (Å²) >= 11 is 0. The molecule has 28 heavy (non-hydrogen) atoms. The second kappa shape index (κ2) is 10.3. The molecule has 2 aromatic rings. The number of hydrogen-bond acceptors (Lipinski definition) is 4. The number of hydrogen-bond donors (Lipinski definition) is 2. The highest BCUT2D eigenvalue weighted by Crippen LogP contribution is 2.28. The van der Waals surface area contributed by atoms with Crippen molar-refractivity contribution in [3.05, 3.63) is 53.6 Å². The van der Waals surface area contributed by atoms with E-state index in [2.05, 4.69) is 0 Å². The average Bonchev–Trinajstić information content (AvgIpc) is 2.69. The second-order valence-corrected chi connectivity index (χ2v) is 6.54. The standard InChI is InChI=1S/C22H26N2O4/c1-3-28-20-12-11-18(13-19(20)14-22(26)27)17-9-7-16(8-10-17)5-4-6-21(23)24(2)15-25/h7-13,15,23H,3-6,14H2,1-2H3,(H,26,27). The zero-order chi connectivity index (χ0) is 20.5. The molecule has 0 saturated carbocycles. The minimum Gasteiger partial charge on any atom is -0.494 e. The summed E-state index contributed by atoms with van der Waals surface area (Å²) in [6.07, 6.45) is 2.73. The number of nitrogens with zero attached hydrogens (tertiary/aromatic N) is 1. The molecule has 0 spiro atoms. The Bertz CT molecular complexity index is 831. The molecule has 0 aliphatic heterocycles. The van der Waals surface area contributed by atoms with E-state index in [0.29, 0.717) is 36.6 Å². The van der Waals surface area contributed by atoms with Gasteiger partial charge in [0, 0.05) is 19.0 Å². The predicted molar refractivity (Wildman–Crippen MR) is 109 cm³/mol. The van der Waals surface area contributed by atoms with Crippen LogP contribution in [0.3, 0.4) is 0 Å². The summed E-state index contributed by atoms with van der Waals surface area (Å²) < 4.78 is 5.53. The molecule has 0 radical (unpaired) electrons. The first-order valence-corrected chi connectivity index (χ1v) is 9.27. The van der Waals surface area contributed by atoms with Crippen molar-refractivity contribution in [3.8, 4) is 16.9 Å². The molecule has 0 aromatic heterocycles. The minimum atomic E-state index is -0.890. The molecule has 0 aliphatic rings. The average molecular weight is 382 g/mol. The number of carbonyl (C=O) groups excluding carboxylic acids is 1. The van der Waals surface area contributed by atoms with Crippen LogP contribution in [0.2, 0.25) is 0 Å². The predicted octanol–water partition coefficient (Wildman–Crippen LogP) is 3.77. The number of rotatable bonds is 10. The molecule has 6 nitrogen and oxygen atoms in total. The molecule has 6 heteroatoms. The third-order valence-electron chi connectivity index (χ3n) is 4.45. The highest BCUT2D eigenvalue weighted by Gasteiger charge is 2.10. The quantitative estimate of drug-likeness (QED) is 0.372. The van der Waals surface area contributed by atoms with Gasteiger partial charge in [0.05, 0.1) is 13.0 Å². The molecular formula is C22H26N2O4. The number of ether oxygens (including phenoxy) is 1. The largest absolute Gasteiger partial charge is 0.494 e. The molecule has 2 aromatic carbocycles. The summed E-state index contributed by atoms with van der Waals surface area (Å²) in [5.41, 5.74) is 3.77. The molecule has 0 saturated heterocycles. The van der Waals surface area contributed by atoms with E-state index in [1.165, 1.54) is 4.90 Å². The zero-order valence-corrected chi connectivity index (χ0v) is 16.3. The number of carbonyl (C=O) groups is 2.